The van der Waals surface area contributed by atoms with Gasteiger partial charge in [0.1, 0.15) is 0 Å². The van der Waals surface area contributed by atoms with Crippen molar-refractivity contribution < 1.29 is 57.1 Å². The predicted molar refractivity (Wildman–Crippen MR) is 551 cm³/mol. The molecule has 0 saturated carbocycles. The smallest absolute Gasteiger partial charge is 0.261 e. The van der Waals surface area contributed by atoms with Crippen molar-refractivity contribution in [3.8, 4) is 0 Å². The zero-order valence-corrected chi connectivity index (χ0v) is 81.6. The third-order valence-corrected chi connectivity index (χ3v) is 25.8. The van der Waals surface area contributed by atoms with Gasteiger partial charge >= 0.3 is 0 Å². The van der Waals surface area contributed by atoms with E-state index in [1.54, 1.807) is 33.8 Å². The number of hydrogen-bond donors (Lipinski definition) is 0. The number of benzene rings is 12. The van der Waals surface area contributed by atoms with Gasteiger partial charge < -0.3 is 77.1 Å². The van der Waals surface area contributed by atoms with Gasteiger partial charge in [-0.15, -0.1) is 0 Å². The van der Waals surface area contributed by atoms with Crippen LogP contribution in [0, 0.1) is 0 Å². The molecule has 2 saturated heterocycles. The fraction of sp³-hybridized carbons (Fsp3) is 0.288. The summed E-state index contributed by atoms with van der Waals surface area (Å²) in [5.74, 6) is -1.10. The second-order valence-electron chi connectivity index (χ2n) is 39.3. The molecule has 6 aliphatic heterocycles. The first-order valence-electron chi connectivity index (χ1n) is 47.7. The summed E-state index contributed by atoms with van der Waals surface area (Å²) >= 11 is 0. The Morgan fingerprint density at radius 2 is 0.435 bits per heavy atom. The molecule has 708 valence electrons. The van der Waals surface area contributed by atoms with Crippen LogP contribution in [-0.2, 0) is 78.7 Å². The van der Waals surface area contributed by atoms with Gasteiger partial charge in [0, 0.05) is 95.6 Å². The Morgan fingerprint density at radius 3 is 0.638 bits per heavy atom. The lowest BCUT2D eigenvalue weighted by atomic mass is 9.86. The van der Waals surface area contributed by atoms with Crippen molar-refractivity contribution in [2.45, 2.75) is 117 Å². The molecule has 138 heavy (non-hydrogen) atoms. The Hall–Kier alpha value is -13.6. The first kappa shape index (κ1) is 96.1. The van der Waals surface area contributed by atoms with Gasteiger partial charge in [0.25, 0.3) is 23.6 Å². The molecule has 4 amide bonds. The fourth-order valence-corrected chi connectivity index (χ4v) is 18.5. The van der Waals surface area contributed by atoms with E-state index in [2.05, 4.69) is 273 Å². The molecule has 0 N–H and O–H groups in total. The topological polar surface area (TPSA) is 168 Å². The summed E-state index contributed by atoms with van der Waals surface area (Å²) in [6.45, 7) is 31.2. The van der Waals surface area contributed by atoms with Gasteiger partial charge in [0.15, 0.2) is 12.6 Å². The van der Waals surface area contributed by atoms with E-state index in [9.17, 15) is 0 Å². The van der Waals surface area contributed by atoms with E-state index in [1.807, 2.05) is 146 Å². The van der Waals surface area contributed by atoms with Crippen LogP contribution in [0.1, 0.15) is 128 Å². The van der Waals surface area contributed by atoms with E-state index in [0.717, 1.165) is 90.5 Å². The molecule has 20 heteroatoms. The molecule has 0 spiro atoms. The number of rotatable bonds is 32. The maximum Gasteiger partial charge on any atom is 0.261 e. The van der Waals surface area contributed by atoms with Crippen LogP contribution in [0.4, 0.5) is 68.2 Å². The summed E-state index contributed by atoms with van der Waals surface area (Å²) in [4.78, 5) is 76.4. The number of carbonyl (C=O) groups excluding carboxylic acids is 4. The lowest BCUT2D eigenvalue weighted by Gasteiger charge is -2.29. The summed E-state index contributed by atoms with van der Waals surface area (Å²) in [6, 6.07) is 108. The number of amides is 4. The van der Waals surface area contributed by atoms with E-state index < -0.39 is 12.6 Å². The van der Waals surface area contributed by atoms with Gasteiger partial charge in [-0.25, -0.2) is 0 Å². The number of fused-ring (bicyclic) bond motifs is 2. The first-order chi connectivity index (χ1) is 66.6. The fourth-order valence-electron chi connectivity index (χ4n) is 18.5. The molecular weight excluding hydrogens is 1720 g/mol. The molecular formula is C118H124N8O12. The van der Waals surface area contributed by atoms with Crippen molar-refractivity contribution in [3.63, 3.8) is 0 Å². The van der Waals surface area contributed by atoms with Crippen molar-refractivity contribution in [1.82, 2.24) is 19.6 Å². The van der Waals surface area contributed by atoms with Crippen molar-refractivity contribution in [2.24, 2.45) is 0 Å². The third-order valence-electron chi connectivity index (χ3n) is 25.8. The monoisotopic (exact) mass is 1840 g/mol. The summed E-state index contributed by atoms with van der Waals surface area (Å²) in [5.41, 5.74) is 23.2. The molecule has 2 fully saturated rings. The number of ether oxygens (including phenoxy) is 8. The van der Waals surface area contributed by atoms with E-state index in [0.29, 0.717) is 97.9 Å². The Labute approximate surface area is 812 Å². The van der Waals surface area contributed by atoms with Crippen molar-refractivity contribution >= 4 is 115 Å². The van der Waals surface area contributed by atoms with Crippen molar-refractivity contribution in [1.29, 1.82) is 0 Å². The summed E-state index contributed by atoms with van der Waals surface area (Å²) in [6.07, 6.45) is -1.27. The van der Waals surface area contributed by atoms with E-state index >= 15 is 19.2 Å². The lowest BCUT2D eigenvalue weighted by molar-refractivity contribution is -0.128. The van der Waals surface area contributed by atoms with Gasteiger partial charge in [-0.05, 0) is 212 Å². The number of anilines is 12. The molecule has 20 nitrogen and oxygen atoms in total. The molecule has 0 aromatic heterocycles. The predicted octanol–water partition coefficient (Wildman–Crippen LogP) is 24.1. The van der Waals surface area contributed by atoms with E-state index in [4.69, 9.17) is 37.9 Å². The normalized spacial score (nSPS) is 15.5. The summed E-state index contributed by atoms with van der Waals surface area (Å²) in [5, 5.41) is 0. The van der Waals surface area contributed by atoms with Crippen LogP contribution in [-0.4, -0.2) is 162 Å². The Balaban J connectivity index is 0.000000197. The molecule has 0 aliphatic carbocycles. The van der Waals surface area contributed by atoms with Crippen LogP contribution in [0.5, 0.6) is 0 Å². The number of hydrogen-bond acceptors (Lipinski definition) is 16. The quantitative estimate of drug-likeness (QED) is 0.0365. The minimum absolute atomic E-state index is 0.00543. The van der Waals surface area contributed by atoms with Gasteiger partial charge in [0.2, 0.25) is 0 Å². The highest BCUT2D eigenvalue weighted by Crippen LogP contribution is 2.52. The first-order valence-corrected chi connectivity index (χ1v) is 47.7. The third kappa shape index (κ3) is 20.8. The highest BCUT2D eigenvalue weighted by atomic mass is 16.7. The number of carbonyl (C=O) groups is 4. The molecule has 0 radical (unpaired) electrons. The second-order valence-corrected chi connectivity index (χ2v) is 39.3. The van der Waals surface area contributed by atoms with Gasteiger partial charge in [-0.2, -0.15) is 0 Å². The van der Waals surface area contributed by atoms with Crippen LogP contribution in [0.25, 0.3) is 22.8 Å². The zero-order valence-electron chi connectivity index (χ0n) is 81.6. The molecule has 12 aromatic carbocycles. The molecule has 0 bridgehead atoms. The highest BCUT2D eigenvalue weighted by molar-refractivity contribution is 6.31. The highest BCUT2D eigenvalue weighted by Gasteiger charge is 2.52. The number of para-hydroxylation sites is 4. The van der Waals surface area contributed by atoms with Gasteiger partial charge in [-0.1, -0.05) is 253 Å². The van der Waals surface area contributed by atoms with Crippen LogP contribution < -0.4 is 19.6 Å². The van der Waals surface area contributed by atoms with E-state index in [-0.39, 0.29) is 84.7 Å². The molecule has 0 unspecified atom stereocenters. The van der Waals surface area contributed by atoms with Crippen molar-refractivity contribution in [2.75, 3.05) is 126 Å². The second kappa shape index (κ2) is 41.7. The van der Waals surface area contributed by atoms with Crippen LogP contribution >= 0.6 is 0 Å². The zero-order chi connectivity index (χ0) is 96.6. The minimum Gasteiger partial charge on any atom is -0.382 e. The molecule has 12 aromatic rings. The Morgan fingerprint density at radius 1 is 0.246 bits per heavy atom. The number of nitrogens with zero attached hydrogens (tertiary/aromatic N) is 8. The summed E-state index contributed by atoms with van der Waals surface area (Å²) < 4.78 is 46.1. The summed E-state index contributed by atoms with van der Waals surface area (Å²) in [7, 11) is 3.27. The van der Waals surface area contributed by atoms with Crippen molar-refractivity contribution in [3.05, 3.63) is 382 Å². The van der Waals surface area contributed by atoms with Gasteiger partial charge in [-0.3, -0.25) is 19.2 Å². The molecule has 18 rings (SSSR count). The van der Waals surface area contributed by atoms with Crippen LogP contribution in [0.15, 0.2) is 338 Å². The Bertz CT molecular complexity index is 5810. The average molecular weight is 1850 g/mol. The van der Waals surface area contributed by atoms with Crippen LogP contribution in [0.2, 0.25) is 0 Å². The SMILES string of the molecule is COCCOCCN1C(=O)C2=C(c3ccc(N(c4ccc(C(C)(C)C)cc4)c4ccc(C(C)(C)C)cc4)cc3)N(CCOCCOC)C(=O)C2=C1c1ccc(N(c2ccc(C(C)(C)C)cc2)c2ccc(C(C)(C)C)cc2)cc1.O=C1C2=C(c3ccc(N(c4ccccc4)c4ccccc4)cc3)N(CC3OCCO3)C(=O)C2=C(c2ccc(N(c3ccccc3)c3ccccc3)cc2)N1CC1OCCO1. The molecule has 6 heterocycles. The van der Waals surface area contributed by atoms with Gasteiger partial charge in [0.05, 0.1) is 124 Å². The maximum atomic E-state index is 15.4. The molecule has 0 atom stereocenters. The standard InChI is InChI=1S/C68H82N4O6.C50H42N4O6/c1-65(2,3)49-19-31-55(32-20-49)71(56-33-21-50(22-34-56)66(4,5)6)53-27-15-47(16-28-53)61-59-60(64(74)69(61)39-41-77-45-43-75-13)62(70(63(59)73)40-42-78-46-44-76-14)48-17-29-54(30-18-48)72(57-35-23-51(24-36-57)67(7,8)9)58-37-25-52(26-38-58)68(10,11)12;55-49-45-46(48(52(49)34-44-59-31-32-60-44)36-23-27-42(28-24-36)54(39-17-9-3-10-18-39)40-19-11-4-12-20-40)50(56)51(33-43-57-29-30-58-43)47(45)35-21-25-41(26-22-35)53(37-13-5-1-6-14-37)38-15-7-2-8-16-38/h15-38H,39-46H2,1-14H3;1-28,43-44H,29-34H2. The largest absolute Gasteiger partial charge is 0.382 e. The minimum atomic E-state index is -0.633. The van der Waals surface area contributed by atoms with Crippen LogP contribution in [0.3, 0.4) is 0 Å². The lowest BCUT2D eigenvalue weighted by Crippen LogP contribution is -2.37. The Kier molecular flexibility index (Phi) is 29.1. The van der Waals surface area contributed by atoms with E-state index in [1.165, 1.54) is 22.3 Å². The average Bonchev–Trinajstić information content (AvgIpc) is 1.56. The maximum absolute atomic E-state index is 15.4. The molecule has 6 aliphatic rings. The number of methoxy groups -OCH3 is 2.